The Bertz CT molecular complexity index is 969. The summed E-state index contributed by atoms with van der Waals surface area (Å²) >= 11 is 12.4. The van der Waals surface area contributed by atoms with Crippen molar-refractivity contribution < 1.29 is 4.74 Å². The lowest BCUT2D eigenvalue weighted by Crippen LogP contribution is -2.20. The number of nitrogens with one attached hydrogen (secondary N) is 1. The van der Waals surface area contributed by atoms with Gasteiger partial charge in [0.15, 0.2) is 0 Å². The maximum atomic E-state index is 6.40. The fourth-order valence-electron chi connectivity index (χ4n) is 2.78. The molecule has 0 aliphatic carbocycles. The van der Waals surface area contributed by atoms with E-state index in [4.69, 9.17) is 27.9 Å². The van der Waals surface area contributed by atoms with Crippen LogP contribution in [0.3, 0.4) is 0 Å². The van der Waals surface area contributed by atoms with Crippen LogP contribution in [0, 0.1) is 0 Å². The number of fused-ring (bicyclic) bond motifs is 1. The molecule has 0 radical (unpaired) electrons. The van der Waals surface area contributed by atoms with Gasteiger partial charge in [0.1, 0.15) is 11.8 Å². The fourth-order valence-corrected chi connectivity index (χ4v) is 3.30. The molecule has 0 spiro atoms. The molecule has 4 rings (SSSR count). The molecule has 0 saturated carbocycles. The van der Waals surface area contributed by atoms with Crippen molar-refractivity contribution in [1.29, 1.82) is 0 Å². The highest BCUT2D eigenvalue weighted by molar-refractivity contribution is 6.35. The number of benzene rings is 2. The number of rotatable bonds is 3. The largest absolute Gasteiger partial charge is 0.497 e. The van der Waals surface area contributed by atoms with Crippen LogP contribution >= 0.6 is 23.2 Å². The SMILES string of the molecule is COc1cccc(C2=C[C@@H](c3ccc(Cl)cc3Cl)n3nnnc3N2)c1. The number of halogens is 2. The second-order valence-electron chi connectivity index (χ2n) is 5.50. The summed E-state index contributed by atoms with van der Waals surface area (Å²) in [6.07, 6.45) is 2.02. The number of tetrazole rings is 1. The standard InChI is InChI=1S/C17H13Cl2N5O/c1-25-12-4-2-3-10(7-12)15-9-16(24-17(20-15)21-22-23-24)13-6-5-11(18)8-14(13)19/h2-9,16H,1H3,(H,20,21,23)/t16-/m0/s1. The normalized spacial score (nSPS) is 16.0. The number of methoxy groups -OCH3 is 1. The van der Waals surface area contributed by atoms with E-state index in [0.717, 1.165) is 22.6 Å². The van der Waals surface area contributed by atoms with Gasteiger partial charge in [0.2, 0.25) is 5.95 Å². The molecule has 126 valence electrons. The summed E-state index contributed by atoms with van der Waals surface area (Å²) in [4.78, 5) is 0. The Hall–Kier alpha value is -2.57. The lowest BCUT2D eigenvalue weighted by Gasteiger charge is -2.24. The highest BCUT2D eigenvalue weighted by Crippen LogP contribution is 2.36. The van der Waals surface area contributed by atoms with Gasteiger partial charge in [-0.2, -0.15) is 4.68 Å². The number of hydrogen-bond donors (Lipinski definition) is 1. The Morgan fingerprint density at radius 1 is 1.16 bits per heavy atom. The Kier molecular flexibility index (Phi) is 4.07. The van der Waals surface area contributed by atoms with Crippen molar-refractivity contribution in [3.63, 3.8) is 0 Å². The van der Waals surface area contributed by atoms with Crippen LogP contribution in [0.25, 0.3) is 5.70 Å². The molecule has 0 unspecified atom stereocenters. The monoisotopic (exact) mass is 373 g/mol. The van der Waals surface area contributed by atoms with Gasteiger partial charge in [0.25, 0.3) is 0 Å². The van der Waals surface area contributed by atoms with E-state index in [1.807, 2.05) is 36.4 Å². The summed E-state index contributed by atoms with van der Waals surface area (Å²) in [6.45, 7) is 0. The van der Waals surface area contributed by atoms with Crippen LogP contribution in [-0.2, 0) is 0 Å². The second-order valence-corrected chi connectivity index (χ2v) is 6.34. The molecule has 0 amide bonds. The van der Waals surface area contributed by atoms with Gasteiger partial charge in [-0.3, -0.25) is 0 Å². The second kappa shape index (κ2) is 6.38. The van der Waals surface area contributed by atoms with E-state index in [-0.39, 0.29) is 6.04 Å². The molecular formula is C17H13Cl2N5O. The zero-order chi connectivity index (χ0) is 17.4. The van der Waals surface area contributed by atoms with E-state index in [0.29, 0.717) is 16.0 Å². The summed E-state index contributed by atoms with van der Waals surface area (Å²) < 4.78 is 6.99. The van der Waals surface area contributed by atoms with E-state index in [2.05, 4.69) is 20.8 Å². The maximum Gasteiger partial charge on any atom is 0.248 e. The van der Waals surface area contributed by atoms with Crippen molar-refractivity contribution in [3.05, 3.63) is 69.7 Å². The molecular weight excluding hydrogens is 361 g/mol. The summed E-state index contributed by atoms with van der Waals surface area (Å²) in [7, 11) is 1.64. The first-order valence-corrected chi connectivity index (χ1v) is 8.27. The fraction of sp³-hybridized carbons (Fsp3) is 0.118. The Morgan fingerprint density at radius 3 is 2.84 bits per heavy atom. The first kappa shape index (κ1) is 15.9. The van der Waals surface area contributed by atoms with Crippen molar-refractivity contribution in [2.24, 2.45) is 0 Å². The van der Waals surface area contributed by atoms with Gasteiger partial charge in [-0.15, -0.1) is 0 Å². The highest BCUT2D eigenvalue weighted by atomic mass is 35.5. The van der Waals surface area contributed by atoms with Crippen LogP contribution in [-0.4, -0.2) is 27.3 Å². The Balaban J connectivity index is 1.83. The molecule has 3 aromatic rings. The number of allylic oxidation sites excluding steroid dienone is 1. The van der Waals surface area contributed by atoms with Crippen LogP contribution in [0.15, 0.2) is 48.5 Å². The smallest absolute Gasteiger partial charge is 0.248 e. The quantitative estimate of drug-likeness (QED) is 0.750. The first-order valence-electron chi connectivity index (χ1n) is 7.52. The first-order chi connectivity index (χ1) is 12.2. The minimum absolute atomic E-state index is 0.253. The molecule has 0 bridgehead atoms. The molecule has 2 heterocycles. The van der Waals surface area contributed by atoms with Crippen LogP contribution in [0.5, 0.6) is 5.75 Å². The van der Waals surface area contributed by atoms with Crippen molar-refractivity contribution in [2.45, 2.75) is 6.04 Å². The van der Waals surface area contributed by atoms with E-state index in [1.54, 1.807) is 23.9 Å². The van der Waals surface area contributed by atoms with E-state index in [1.165, 1.54) is 0 Å². The van der Waals surface area contributed by atoms with Crippen molar-refractivity contribution >= 4 is 34.8 Å². The molecule has 1 aliphatic heterocycles. The number of anilines is 1. The molecule has 8 heteroatoms. The van der Waals surface area contributed by atoms with Crippen LogP contribution in [0.2, 0.25) is 10.0 Å². The predicted octanol–water partition coefficient (Wildman–Crippen LogP) is 4.04. The van der Waals surface area contributed by atoms with Gasteiger partial charge in [-0.25, -0.2) is 0 Å². The van der Waals surface area contributed by atoms with Gasteiger partial charge in [-0.1, -0.05) is 46.5 Å². The van der Waals surface area contributed by atoms with Crippen molar-refractivity contribution in [1.82, 2.24) is 20.2 Å². The molecule has 1 N–H and O–H groups in total. The molecule has 6 nitrogen and oxygen atoms in total. The Labute approximate surface area is 154 Å². The molecule has 1 aromatic heterocycles. The predicted molar refractivity (Wildman–Crippen MR) is 97.0 cm³/mol. The summed E-state index contributed by atoms with van der Waals surface area (Å²) in [5.41, 5.74) is 2.70. The van der Waals surface area contributed by atoms with Crippen molar-refractivity contribution in [3.8, 4) is 5.75 Å². The van der Waals surface area contributed by atoms with Crippen molar-refractivity contribution in [2.75, 3.05) is 12.4 Å². The minimum atomic E-state index is -0.253. The topological polar surface area (TPSA) is 64.9 Å². The van der Waals surface area contributed by atoms with E-state index >= 15 is 0 Å². The average Bonchev–Trinajstić information content (AvgIpc) is 3.10. The van der Waals surface area contributed by atoms with E-state index < -0.39 is 0 Å². The molecule has 2 aromatic carbocycles. The molecule has 0 saturated heterocycles. The van der Waals surface area contributed by atoms with Gasteiger partial charge in [0.05, 0.1) is 7.11 Å². The van der Waals surface area contributed by atoms with Gasteiger partial charge < -0.3 is 10.1 Å². The third kappa shape index (κ3) is 2.94. The molecule has 1 atom stereocenters. The van der Waals surface area contributed by atoms with Gasteiger partial charge in [-0.05, 0) is 46.3 Å². The third-order valence-electron chi connectivity index (χ3n) is 3.99. The van der Waals surface area contributed by atoms with Crippen LogP contribution < -0.4 is 10.1 Å². The number of nitrogens with zero attached hydrogens (tertiary/aromatic N) is 4. The number of hydrogen-bond acceptors (Lipinski definition) is 5. The molecule has 25 heavy (non-hydrogen) atoms. The molecule has 1 aliphatic rings. The van der Waals surface area contributed by atoms with Crippen LogP contribution in [0.1, 0.15) is 17.2 Å². The summed E-state index contributed by atoms with van der Waals surface area (Å²) in [6, 6.07) is 12.9. The third-order valence-corrected chi connectivity index (χ3v) is 4.55. The summed E-state index contributed by atoms with van der Waals surface area (Å²) in [5, 5.41) is 16.3. The lowest BCUT2D eigenvalue weighted by atomic mass is 10.0. The number of aromatic nitrogens is 4. The number of ether oxygens (including phenoxy) is 1. The van der Waals surface area contributed by atoms with Gasteiger partial charge in [0, 0.05) is 21.3 Å². The van der Waals surface area contributed by atoms with Crippen LogP contribution in [0.4, 0.5) is 5.95 Å². The summed E-state index contributed by atoms with van der Waals surface area (Å²) in [5.74, 6) is 1.31. The lowest BCUT2D eigenvalue weighted by molar-refractivity contribution is 0.414. The Morgan fingerprint density at radius 2 is 2.04 bits per heavy atom. The minimum Gasteiger partial charge on any atom is -0.497 e. The van der Waals surface area contributed by atoms with Gasteiger partial charge >= 0.3 is 0 Å². The zero-order valence-corrected chi connectivity index (χ0v) is 14.7. The zero-order valence-electron chi connectivity index (χ0n) is 13.1. The maximum absolute atomic E-state index is 6.40. The molecule has 0 fully saturated rings. The highest BCUT2D eigenvalue weighted by Gasteiger charge is 2.26. The van der Waals surface area contributed by atoms with E-state index in [9.17, 15) is 0 Å². The average molecular weight is 374 g/mol.